The standard InChI is InChI=1S/C21H16N4O3/c1-4-13-6-5-7-15(8-13)25-20-19-21(24-12-23-20)28-16-10-18(27-3)17(26-2)9-14(16)11-22-19/h1,5-12H,2-3H3,(H,23,24,25). The number of aliphatic imine (C=N–C) groups is 1. The molecule has 0 radical (unpaired) electrons. The van der Waals surface area contributed by atoms with Crippen LogP contribution >= 0.6 is 0 Å². The first-order valence-corrected chi connectivity index (χ1v) is 8.38. The molecule has 0 spiro atoms. The summed E-state index contributed by atoms with van der Waals surface area (Å²) in [6.45, 7) is 0. The normalized spacial score (nSPS) is 11.3. The molecule has 2 aromatic carbocycles. The van der Waals surface area contributed by atoms with Gasteiger partial charge in [-0.25, -0.2) is 9.98 Å². The predicted molar refractivity (Wildman–Crippen MR) is 107 cm³/mol. The van der Waals surface area contributed by atoms with Crippen LogP contribution in [0.4, 0.5) is 17.2 Å². The summed E-state index contributed by atoms with van der Waals surface area (Å²) in [5.74, 6) is 5.13. The first-order valence-electron chi connectivity index (χ1n) is 8.38. The third-order valence-corrected chi connectivity index (χ3v) is 4.14. The zero-order valence-corrected chi connectivity index (χ0v) is 15.3. The molecule has 0 saturated heterocycles. The SMILES string of the molecule is C#Cc1cccc(Nc2ncnc3c2N=Cc2cc(OC)c(OC)cc2O3)c1. The number of methoxy groups -OCH3 is 2. The third-order valence-electron chi connectivity index (χ3n) is 4.14. The highest BCUT2D eigenvalue weighted by Gasteiger charge is 2.20. The summed E-state index contributed by atoms with van der Waals surface area (Å²) in [7, 11) is 3.14. The first kappa shape index (κ1) is 17.4. The number of terminal acetylenes is 1. The van der Waals surface area contributed by atoms with E-state index in [1.54, 1.807) is 32.6 Å². The topological polar surface area (TPSA) is 77.9 Å². The van der Waals surface area contributed by atoms with Gasteiger partial charge < -0.3 is 19.5 Å². The lowest BCUT2D eigenvalue weighted by Crippen LogP contribution is -1.98. The van der Waals surface area contributed by atoms with Crippen LogP contribution in [0.25, 0.3) is 0 Å². The molecule has 0 fully saturated rings. The Morgan fingerprint density at radius 3 is 2.68 bits per heavy atom. The molecule has 7 nitrogen and oxygen atoms in total. The Hall–Kier alpha value is -4.05. The molecule has 0 saturated carbocycles. The van der Waals surface area contributed by atoms with Gasteiger partial charge in [-0.15, -0.1) is 6.42 Å². The summed E-state index contributed by atoms with van der Waals surface area (Å²) in [5, 5.41) is 3.22. The van der Waals surface area contributed by atoms with E-state index in [1.165, 1.54) is 6.33 Å². The predicted octanol–water partition coefficient (Wildman–Crippen LogP) is 4.08. The molecular formula is C21H16N4O3. The van der Waals surface area contributed by atoms with Crippen LogP contribution < -0.4 is 19.5 Å². The minimum Gasteiger partial charge on any atom is -0.493 e. The highest BCUT2D eigenvalue weighted by Crippen LogP contribution is 2.42. The molecule has 7 heteroatoms. The van der Waals surface area contributed by atoms with Crippen molar-refractivity contribution >= 4 is 23.4 Å². The summed E-state index contributed by atoms with van der Waals surface area (Å²) in [6, 6.07) is 11.0. The maximum atomic E-state index is 5.98. The fourth-order valence-corrected chi connectivity index (χ4v) is 2.77. The summed E-state index contributed by atoms with van der Waals surface area (Å²) in [6.07, 6.45) is 8.56. The zero-order valence-electron chi connectivity index (χ0n) is 15.3. The zero-order chi connectivity index (χ0) is 19.5. The molecule has 0 atom stereocenters. The van der Waals surface area contributed by atoms with Crippen molar-refractivity contribution in [3.05, 3.63) is 53.9 Å². The summed E-state index contributed by atoms with van der Waals surface area (Å²) in [5.41, 5.74) is 2.76. The molecule has 0 unspecified atom stereocenters. The molecule has 1 aliphatic heterocycles. The minimum atomic E-state index is 0.327. The summed E-state index contributed by atoms with van der Waals surface area (Å²) >= 11 is 0. The Balaban J connectivity index is 1.74. The molecule has 0 bridgehead atoms. The number of fused-ring (bicyclic) bond motifs is 2. The van der Waals surface area contributed by atoms with Crippen molar-refractivity contribution in [2.45, 2.75) is 0 Å². The fraction of sp³-hybridized carbons (Fsp3) is 0.0952. The van der Waals surface area contributed by atoms with E-state index in [1.807, 2.05) is 24.3 Å². The van der Waals surface area contributed by atoms with Crippen molar-refractivity contribution in [2.24, 2.45) is 4.99 Å². The van der Waals surface area contributed by atoms with Crippen molar-refractivity contribution in [3.63, 3.8) is 0 Å². The third kappa shape index (κ3) is 3.19. The van der Waals surface area contributed by atoms with E-state index in [2.05, 4.69) is 26.2 Å². The molecular weight excluding hydrogens is 356 g/mol. The number of benzene rings is 2. The van der Waals surface area contributed by atoms with Crippen molar-refractivity contribution in [1.29, 1.82) is 0 Å². The van der Waals surface area contributed by atoms with E-state index in [4.69, 9.17) is 20.6 Å². The number of nitrogens with zero attached hydrogens (tertiary/aromatic N) is 3. The number of hydrogen-bond acceptors (Lipinski definition) is 7. The van der Waals surface area contributed by atoms with Crippen LogP contribution in [0.1, 0.15) is 11.1 Å². The monoisotopic (exact) mass is 372 g/mol. The molecule has 4 rings (SSSR count). The van der Waals surface area contributed by atoms with E-state index in [-0.39, 0.29) is 0 Å². The van der Waals surface area contributed by atoms with Crippen molar-refractivity contribution < 1.29 is 14.2 Å². The van der Waals surface area contributed by atoms with Gasteiger partial charge in [0.15, 0.2) is 23.0 Å². The minimum absolute atomic E-state index is 0.327. The van der Waals surface area contributed by atoms with Crippen LogP contribution in [-0.2, 0) is 0 Å². The van der Waals surface area contributed by atoms with Crippen LogP contribution in [0, 0.1) is 12.3 Å². The van der Waals surface area contributed by atoms with Crippen molar-refractivity contribution in [1.82, 2.24) is 9.97 Å². The van der Waals surface area contributed by atoms with Crippen molar-refractivity contribution in [2.75, 3.05) is 19.5 Å². The second-order valence-electron chi connectivity index (χ2n) is 5.83. The van der Waals surface area contributed by atoms with Gasteiger partial charge in [-0.1, -0.05) is 12.0 Å². The molecule has 0 amide bonds. The lowest BCUT2D eigenvalue weighted by Gasteiger charge is -2.13. The van der Waals surface area contributed by atoms with Crippen LogP contribution in [0.5, 0.6) is 23.1 Å². The van der Waals surface area contributed by atoms with Crippen LogP contribution in [-0.4, -0.2) is 30.4 Å². The summed E-state index contributed by atoms with van der Waals surface area (Å²) < 4.78 is 16.7. The molecule has 3 aromatic rings. The van der Waals surface area contributed by atoms with E-state index < -0.39 is 0 Å². The summed E-state index contributed by atoms with van der Waals surface area (Å²) in [4.78, 5) is 13.0. The fourth-order valence-electron chi connectivity index (χ4n) is 2.77. The van der Waals surface area contributed by atoms with Gasteiger partial charge in [-0.2, -0.15) is 4.98 Å². The van der Waals surface area contributed by atoms with E-state index in [9.17, 15) is 0 Å². The van der Waals surface area contributed by atoms with Crippen LogP contribution in [0.15, 0.2) is 47.7 Å². The van der Waals surface area contributed by atoms with E-state index in [0.717, 1.165) is 16.8 Å². The average Bonchev–Trinajstić information content (AvgIpc) is 2.92. The number of aromatic nitrogens is 2. The first-order chi connectivity index (χ1) is 13.7. The molecule has 1 aliphatic rings. The maximum absolute atomic E-state index is 5.98. The molecule has 0 aliphatic carbocycles. The van der Waals surface area contributed by atoms with Gasteiger partial charge in [-0.3, -0.25) is 0 Å². The Kier molecular flexibility index (Phi) is 4.52. The largest absolute Gasteiger partial charge is 0.493 e. The van der Waals surface area contributed by atoms with Gasteiger partial charge >= 0.3 is 0 Å². The van der Waals surface area contributed by atoms with Gasteiger partial charge in [0, 0.05) is 29.1 Å². The maximum Gasteiger partial charge on any atom is 0.250 e. The van der Waals surface area contributed by atoms with Crippen molar-refractivity contribution in [3.8, 4) is 35.5 Å². The number of rotatable bonds is 4. The highest BCUT2D eigenvalue weighted by molar-refractivity contribution is 5.90. The highest BCUT2D eigenvalue weighted by atomic mass is 16.5. The van der Waals surface area contributed by atoms with Crippen LogP contribution in [0.3, 0.4) is 0 Å². The van der Waals surface area contributed by atoms with Gasteiger partial charge in [0.05, 0.1) is 14.2 Å². The Labute approximate surface area is 162 Å². The second kappa shape index (κ2) is 7.29. The molecule has 28 heavy (non-hydrogen) atoms. The lowest BCUT2D eigenvalue weighted by atomic mass is 10.2. The second-order valence-corrected chi connectivity index (χ2v) is 5.83. The number of anilines is 2. The van der Waals surface area contributed by atoms with Crippen LogP contribution in [0.2, 0.25) is 0 Å². The number of nitrogens with one attached hydrogen (secondary N) is 1. The smallest absolute Gasteiger partial charge is 0.250 e. The quantitative estimate of drug-likeness (QED) is 0.544. The van der Waals surface area contributed by atoms with Gasteiger partial charge in [0.1, 0.15) is 12.1 Å². The van der Waals surface area contributed by atoms with Gasteiger partial charge in [0.2, 0.25) is 0 Å². The average molecular weight is 372 g/mol. The Bertz CT molecular complexity index is 1120. The molecule has 1 N–H and O–H groups in total. The Morgan fingerprint density at radius 1 is 1.07 bits per heavy atom. The number of hydrogen-bond donors (Lipinski definition) is 1. The molecule has 2 heterocycles. The lowest BCUT2D eigenvalue weighted by molar-refractivity contribution is 0.351. The van der Waals surface area contributed by atoms with E-state index >= 15 is 0 Å². The number of ether oxygens (including phenoxy) is 3. The van der Waals surface area contributed by atoms with Gasteiger partial charge in [0.25, 0.3) is 5.88 Å². The Morgan fingerprint density at radius 2 is 1.89 bits per heavy atom. The van der Waals surface area contributed by atoms with Gasteiger partial charge in [-0.05, 0) is 24.3 Å². The van der Waals surface area contributed by atoms with E-state index in [0.29, 0.717) is 34.6 Å². The molecule has 138 valence electrons. The molecule has 1 aromatic heterocycles.